The molecule has 1 aliphatic heterocycles. The minimum atomic E-state index is -3.95. The molecule has 3 rings (SSSR count). The molecule has 0 bridgehead atoms. The van der Waals surface area contributed by atoms with Gasteiger partial charge in [-0.05, 0) is 30.2 Å². The fourth-order valence-electron chi connectivity index (χ4n) is 2.50. The topological polar surface area (TPSA) is 61.2 Å². The summed E-state index contributed by atoms with van der Waals surface area (Å²) in [4.78, 5) is -0.290. The van der Waals surface area contributed by atoms with Crippen molar-refractivity contribution in [3.63, 3.8) is 0 Å². The van der Waals surface area contributed by atoms with Crippen LogP contribution in [0.2, 0.25) is 0 Å². The summed E-state index contributed by atoms with van der Waals surface area (Å²) >= 11 is 0. The summed E-state index contributed by atoms with van der Waals surface area (Å²) in [6, 6.07) is 12.4. The minimum Gasteiger partial charge on any atom is -0.266 e. The Morgan fingerprint density at radius 2 is 1.90 bits per heavy atom. The van der Waals surface area contributed by atoms with E-state index < -0.39 is 21.4 Å². The Morgan fingerprint density at radius 3 is 2.67 bits per heavy atom. The van der Waals surface area contributed by atoms with E-state index in [1.54, 1.807) is 18.2 Å². The molecule has 2 aromatic carbocycles. The van der Waals surface area contributed by atoms with Gasteiger partial charge >= 0.3 is 0 Å². The Morgan fingerprint density at radius 1 is 1.14 bits per heavy atom. The van der Waals surface area contributed by atoms with Crippen LogP contribution >= 0.6 is 0 Å². The fraction of sp³-hybridized carbons (Fsp3) is 0.133. The third-order valence-corrected chi connectivity index (χ3v) is 5.36. The van der Waals surface area contributed by atoms with Gasteiger partial charge in [-0.2, -0.15) is 5.26 Å². The smallest absolute Gasteiger partial charge is 0.265 e. The molecule has 0 spiro atoms. The van der Waals surface area contributed by atoms with E-state index >= 15 is 0 Å². The van der Waals surface area contributed by atoms with Crippen molar-refractivity contribution in [2.45, 2.75) is 11.3 Å². The molecular weight excluding hydrogens is 291 g/mol. The zero-order valence-electron chi connectivity index (χ0n) is 11.0. The van der Waals surface area contributed by atoms with Crippen molar-refractivity contribution in [1.29, 1.82) is 5.26 Å². The number of fused-ring (bicyclic) bond motifs is 1. The minimum absolute atomic E-state index is 0.290. The standard InChI is InChI=1S/C15H11FN2O2S/c16-13-5-3-7-15(12(13)10-17)21(19,20)18-9-8-11-4-1-2-6-14(11)18/h1-7H,8-9H2. The number of benzene rings is 2. The Hall–Kier alpha value is -2.39. The highest BCUT2D eigenvalue weighted by atomic mass is 32.2. The largest absolute Gasteiger partial charge is 0.266 e. The molecule has 1 aliphatic rings. The van der Waals surface area contributed by atoms with Crippen molar-refractivity contribution in [2.24, 2.45) is 0 Å². The summed E-state index contributed by atoms with van der Waals surface area (Å²) in [6.45, 7) is 0.295. The number of anilines is 1. The first-order chi connectivity index (χ1) is 10.1. The van der Waals surface area contributed by atoms with Gasteiger partial charge in [0.05, 0.1) is 5.69 Å². The number of halogens is 1. The second-order valence-electron chi connectivity index (χ2n) is 4.68. The van der Waals surface area contributed by atoms with Crippen LogP contribution in [0, 0.1) is 17.1 Å². The fourth-order valence-corrected chi connectivity index (χ4v) is 4.16. The maximum Gasteiger partial charge on any atom is 0.265 e. The van der Waals surface area contributed by atoms with Crippen molar-refractivity contribution in [3.05, 3.63) is 59.4 Å². The van der Waals surface area contributed by atoms with Gasteiger partial charge in [0.15, 0.2) is 0 Å². The molecule has 21 heavy (non-hydrogen) atoms. The van der Waals surface area contributed by atoms with Gasteiger partial charge in [-0.3, -0.25) is 4.31 Å². The number of nitrogens with zero attached hydrogens (tertiary/aromatic N) is 2. The maximum absolute atomic E-state index is 13.7. The molecule has 0 fully saturated rings. The molecule has 0 saturated carbocycles. The first kappa shape index (κ1) is 13.6. The lowest BCUT2D eigenvalue weighted by molar-refractivity contribution is 0.586. The highest BCUT2D eigenvalue weighted by molar-refractivity contribution is 7.93. The number of rotatable bonds is 2. The van der Waals surface area contributed by atoms with Gasteiger partial charge in [0.25, 0.3) is 10.0 Å². The molecule has 0 atom stereocenters. The quantitative estimate of drug-likeness (QED) is 0.856. The zero-order valence-corrected chi connectivity index (χ0v) is 11.8. The third-order valence-electron chi connectivity index (χ3n) is 3.50. The van der Waals surface area contributed by atoms with Crippen molar-refractivity contribution >= 4 is 15.7 Å². The van der Waals surface area contributed by atoms with E-state index in [-0.39, 0.29) is 4.90 Å². The van der Waals surface area contributed by atoms with E-state index in [2.05, 4.69) is 0 Å². The van der Waals surface area contributed by atoms with Crippen LogP contribution in [0.25, 0.3) is 0 Å². The maximum atomic E-state index is 13.7. The summed E-state index contributed by atoms with van der Waals surface area (Å²) in [5, 5.41) is 9.03. The number of hydrogen-bond donors (Lipinski definition) is 0. The van der Waals surface area contributed by atoms with E-state index in [1.165, 1.54) is 16.4 Å². The number of sulfonamides is 1. The highest BCUT2D eigenvalue weighted by Crippen LogP contribution is 2.33. The Balaban J connectivity index is 2.16. The molecule has 2 aromatic rings. The van der Waals surface area contributed by atoms with Gasteiger partial charge in [-0.1, -0.05) is 24.3 Å². The molecule has 0 radical (unpaired) electrons. The average Bonchev–Trinajstić information content (AvgIpc) is 2.91. The monoisotopic (exact) mass is 302 g/mol. The second-order valence-corrected chi connectivity index (χ2v) is 6.51. The van der Waals surface area contributed by atoms with Crippen LogP contribution in [-0.4, -0.2) is 15.0 Å². The van der Waals surface area contributed by atoms with Gasteiger partial charge in [-0.15, -0.1) is 0 Å². The Kier molecular flexibility index (Phi) is 3.15. The van der Waals surface area contributed by atoms with Gasteiger partial charge in [0.2, 0.25) is 0 Å². The third kappa shape index (κ3) is 2.06. The Bertz CT molecular complexity index is 856. The van der Waals surface area contributed by atoms with Crippen molar-refractivity contribution in [1.82, 2.24) is 0 Å². The molecule has 0 aromatic heterocycles. The molecule has 0 unspecified atom stereocenters. The molecule has 0 N–H and O–H groups in total. The van der Waals surface area contributed by atoms with Crippen LogP contribution in [0.1, 0.15) is 11.1 Å². The molecule has 0 aliphatic carbocycles. The summed E-state index contributed by atoms with van der Waals surface area (Å²) in [5.41, 5.74) is 1.07. The molecule has 6 heteroatoms. The average molecular weight is 302 g/mol. The van der Waals surface area contributed by atoms with Gasteiger partial charge in [-0.25, -0.2) is 12.8 Å². The van der Waals surface area contributed by atoms with Crippen LogP contribution in [0.3, 0.4) is 0 Å². The van der Waals surface area contributed by atoms with Crippen LogP contribution in [-0.2, 0) is 16.4 Å². The number of hydrogen-bond acceptors (Lipinski definition) is 3. The highest BCUT2D eigenvalue weighted by Gasteiger charge is 2.32. The first-order valence-corrected chi connectivity index (χ1v) is 7.79. The van der Waals surface area contributed by atoms with E-state index in [0.29, 0.717) is 18.7 Å². The van der Waals surface area contributed by atoms with Crippen molar-refractivity contribution < 1.29 is 12.8 Å². The molecule has 0 saturated heterocycles. The predicted octanol–water partition coefficient (Wildman–Crippen LogP) is 2.45. The molecule has 1 heterocycles. The van der Waals surface area contributed by atoms with E-state index in [1.807, 2.05) is 12.1 Å². The summed E-state index contributed by atoms with van der Waals surface area (Å²) < 4.78 is 40.4. The summed E-state index contributed by atoms with van der Waals surface area (Å²) in [5.74, 6) is -0.828. The summed E-state index contributed by atoms with van der Waals surface area (Å²) in [6.07, 6.45) is 0.604. The second kappa shape index (κ2) is 4.86. The van der Waals surface area contributed by atoms with E-state index in [9.17, 15) is 12.8 Å². The summed E-state index contributed by atoms with van der Waals surface area (Å²) in [7, 11) is -3.95. The van der Waals surface area contributed by atoms with Crippen molar-refractivity contribution in [3.8, 4) is 6.07 Å². The van der Waals surface area contributed by atoms with E-state index in [4.69, 9.17) is 5.26 Å². The lowest BCUT2D eigenvalue weighted by atomic mass is 10.2. The lowest BCUT2D eigenvalue weighted by Crippen LogP contribution is -2.29. The number of nitriles is 1. The predicted molar refractivity (Wildman–Crippen MR) is 75.8 cm³/mol. The van der Waals surface area contributed by atoms with Gasteiger partial charge < -0.3 is 0 Å². The number of para-hydroxylation sites is 1. The first-order valence-electron chi connectivity index (χ1n) is 6.35. The van der Waals surface area contributed by atoms with Gasteiger partial charge in [0.1, 0.15) is 22.3 Å². The van der Waals surface area contributed by atoms with Crippen LogP contribution in [0.4, 0.5) is 10.1 Å². The van der Waals surface area contributed by atoms with Gasteiger partial charge in [0, 0.05) is 6.54 Å². The molecular formula is C15H11FN2O2S. The van der Waals surface area contributed by atoms with Crippen molar-refractivity contribution in [2.75, 3.05) is 10.8 Å². The van der Waals surface area contributed by atoms with Crippen LogP contribution in [0.5, 0.6) is 0 Å². The van der Waals surface area contributed by atoms with Crippen LogP contribution in [0.15, 0.2) is 47.4 Å². The molecule has 0 amide bonds. The Labute approximate surface area is 122 Å². The van der Waals surface area contributed by atoms with Crippen LogP contribution < -0.4 is 4.31 Å². The normalized spacial score (nSPS) is 13.8. The SMILES string of the molecule is N#Cc1c(F)cccc1S(=O)(=O)N1CCc2ccccc21. The lowest BCUT2D eigenvalue weighted by Gasteiger charge is -2.20. The molecule has 4 nitrogen and oxygen atoms in total. The van der Waals surface area contributed by atoms with E-state index in [0.717, 1.165) is 11.6 Å². The molecule has 106 valence electrons. The zero-order chi connectivity index (χ0) is 15.0.